The van der Waals surface area contributed by atoms with Crippen LogP contribution in [-0.4, -0.2) is 41.7 Å². The lowest BCUT2D eigenvalue weighted by Gasteiger charge is -2.28. The highest BCUT2D eigenvalue weighted by Crippen LogP contribution is 2.27. The Morgan fingerprint density at radius 2 is 1.90 bits per heavy atom. The van der Waals surface area contributed by atoms with E-state index in [9.17, 15) is 9.90 Å². The number of piperidine rings is 1. The average Bonchev–Trinajstić information content (AvgIpc) is 2.79. The van der Waals surface area contributed by atoms with Gasteiger partial charge in [0.2, 0.25) is 5.91 Å². The van der Waals surface area contributed by atoms with Crippen LogP contribution in [0, 0.1) is 0 Å². The average molecular weight is 274 g/mol. The van der Waals surface area contributed by atoms with Gasteiger partial charge in [-0.25, -0.2) is 0 Å². The summed E-state index contributed by atoms with van der Waals surface area (Å²) in [7, 11) is 0. The van der Waals surface area contributed by atoms with Gasteiger partial charge in [-0.2, -0.15) is 0 Å². The molecule has 2 heterocycles. The van der Waals surface area contributed by atoms with Crippen LogP contribution in [0.3, 0.4) is 0 Å². The van der Waals surface area contributed by atoms with E-state index in [4.69, 9.17) is 0 Å². The molecule has 1 atom stereocenters. The van der Waals surface area contributed by atoms with Crippen molar-refractivity contribution in [2.45, 2.75) is 38.3 Å². The number of para-hydroxylation sites is 1. The molecule has 0 radical (unpaired) electrons. The first kappa shape index (κ1) is 13.6. The zero-order chi connectivity index (χ0) is 13.9. The SMILES string of the molecule is O=C1CC(O)CN1c1ccccc1CN1CCCCC1. The number of β-amino-alcohol motifs (C(OH)–C–C–N with tert-alkyl or cyclic N) is 1. The summed E-state index contributed by atoms with van der Waals surface area (Å²) in [5.74, 6) is 0.0311. The second-order valence-electron chi connectivity index (χ2n) is 5.83. The number of nitrogens with zero attached hydrogens (tertiary/aromatic N) is 2. The summed E-state index contributed by atoms with van der Waals surface area (Å²) < 4.78 is 0. The summed E-state index contributed by atoms with van der Waals surface area (Å²) in [6, 6.07) is 8.09. The Morgan fingerprint density at radius 1 is 1.15 bits per heavy atom. The van der Waals surface area contributed by atoms with Crippen molar-refractivity contribution < 1.29 is 9.90 Å². The number of rotatable bonds is 3. The summed E-state index contributed by atoms with van der Waals surface area (Å²) in [4.78, 5) is 16.2. The third kappa shape index (κ3) is 2.86. The maximum absolute atomic E-state index is 12.0. The molecule has 0 bridgehead atoms. The Labute approximate surface area is 120 Å². The normalized spacial score (nSPS) is 24.4. The molecule has 2 saturated heterocycles. The summed E-state index contributed by atoms with van der Waals surface area (Å²) >= 11 is 0. The first-order valence-electron chi connectivity index (χ1n) is 7.53. The van der Waals surface area contributed by atoms with E-state index in [-0.39, 0.29) is 12.3 Å². The highest BCUT2D eigenvalue weighted by Gasteiger charge is 2.30. The van der Waals surface area contributed by atoms with Gasteiger partial charge in [-0.1, -0.05) is 24.6 Å². The van der Waals surface area contributed by atoms with E-state index < -0.39 is 6.10 Å². The molecule has 1 aromatic carbocycles. The maximum Gasteiger partial charge on any atom is 0.229 e. The Balaban J connectivity index is 1.79. The van der Waals surface area contributed by atoms with Gasteiger partial charge in [-0.3, -0.25) is 9.69 Å². The predicted octanol–water partition coefficient (Wildman–Crippen LogP) is 1.77. The molecular formula is C16H22N2O2. The minimum atomic E-state index is -0.523. The third-order valence-electron chi connectivity index (χ3n) is 4.23. The molecule has 20 heavy (non-hydrogen) atoms. The van der Waals surface area contributed by atoms with Gasteiger partial charge < -0.3 is 10.0 Å². The largest absolute Gasteiger partial charge is 0.391 e. The number of carbonyl (C=O) groups excluding carboxylic acids is 1. The van der Waals surface area contributed by atoms with Crippen molar-refractivity contribution >= 4 is 11.6 Å². The van der Waals surface area contributed by atoms with E-state index in [0.717, 1.165) is 25.3 Å². The monoisotopic (exact) mass is 274 g/mol. The molecular weight excluding hydrogens is 252 g/mol. The lowest BCUT2D eigenvalue weighted by molar-refractivity contribution is -0.117. The minimum absolute atomic E-state index is 0.0311. The predicted molar refractivity (Wildman–Crippen MR) is 78.5 cm³/mol. The third-order valence-corrected chi connectivity index (χ3v) is 4.23. The van der Waals surface area contributed by atoms with Crippen molar-refractivity contribution in [3.63, 3.8) is 0 Å². The van der Waals surface area contributed by atoms with Crippen molar-refractivity contribution in [3.8, 4) is 0 Å². The molecule has 3 rings (SSSR count). The van der Waals surface area contributed by atoms with Crippen molar-refractivity contribution in [3.05, 3.63) is 29.8 Å². The highest BCUT2D eigenvalue weighted by molar-refractivity contribution is 5.96. The molecule has 1 N–H and O–H groups in total. The molecule has 0 aromatic heterocycles. The highest BCUT2D eigenvalue weighted by atomic mass is 16.3. The van der Waals surface area contributed by atoms with E-state index >= 15 is 0 Å². The summed E-state index contributed by atoms with van der Waals surface area (Å²) in [6.45, 7) is 3.61. The van der Waals surface area contributed by atoms with Crippen LogP contribution in [0.1, 0.15) is 31.2 Å². The van der Waals surface area contributed by atoms with Gasteiger partial charge in [0.25, 0.3) is 0 Å². The van der Waals surface area contributed by atoms with Crippen molar-refractivity contribution in [1.82, 2.24) is 4.90 Å². The van der Waals surface area contributed by atoms with E-state index in [1.54, 1.807) is 4.90 Å². The summed E-state index contributed by atoms with van der Waals surface area (Å²) in [5, 5.41) is 9.67. The van der Waals surface area contributed by atoms with Gasteiger partial charge in [0.05, 0.1) is 19.1 Å². The lowest BCUT2D eigenvalue weighted by Crippen LogP contribution is -2.31. The van der Waals surface area contributed by atoms with Gasteiger partial charge in [-0.05, 0) is 37.6 Å². The van der Waals surface area contributed by atoms with E-state index in [0.29, 0.717) is 6.54 Å². The fourth-order valence-electron chi connectivity index (χ4n) is 3.19. The molecule has 0 spiro atoms. The minimum Gasteiger partial charge on any atom is -0.391 e. The molecule has 2 aliphatic heterocycles. The molecule has 0 saturated carbocycles. The zero-order valence-corrected chi connectivity index (χ0v) is 11.8. The number of benzene rings is 1. The van der Waals surface area contributed by atoms with E-state index in [1.165, 1.54) is 24.8 Å². The molecule has 4 heteroatoms. The lowest BCUT2D eigenvalue weighted by atomic mass is 10.1. The molecule has 0 aliphatic carbocycles. The van der Waals surface area contributed by atoms with E-state index in [2.05, 4.69) is 11.0 Å². The number of aliphatic hydroxyl groups excluding tert-OH is 1. The van der Waals surface area contributed by atoms with Crippen LogP contribution in [0.2, 0.25) is 0 Å². The van der Waals surface area contributed by atoms with Crippen LogP contribution in [0.25, 0.3) is 0 Å². The Bertz CT molecular complexity index is 483. The number of aliphatic hydroxyl groups is 1. The van der Waals surface area contributed by atoms with Crippen LogP contribution < -0.4 is 4.90 Å². The van der Waals surface area contributed by atoms with Crippen LogP contribution in [-0.2, 0) is 11.3 Å². The number of likely N-dealkylation sites (tertiary alicyclic amines) is 1. The molecule has 2 fully saturated rings. The van der Waals surface area contributed by atoms with Gasteiger partial charge in [0.15, 0.2) is 0 Å². The zero-order valence-electron chi connectivity index (χ0n) is 11.8. The number of amides is 1. The molecule has 108 valence electrons. The van der Waals surface area contributed by atoms with Gasteiger partial charge in [0, 0.05) is 12.2 Å². The van der Waals surface area contributed by atoms with Crippen molar-refractivity contribution in [1.29, 1.82) is 0 Å². The van der Waals surface area contributed by atoms with Crippen molar-refractivity contribution in [2.24, 2.45) is 0 Å². The van der Waals surface area contributed by atoms with Crippen LogP contribution in [0.15, 0.2) is 24.3 Å². The Morgan fingerprint density at radius 3 is 2.60 bits per heavy atom. The molecule has 4 nitrogen and oxygen atoms in total. The number of anilines is 1. The first-order chi connectivity index (χ1) is 9.74. The quantitative estimate of drug-likeness (QED) is 0.913. The number of hydrogen-bond acceptors (Lipinski definition) is 3. The maximum atomic E-state index is 12.0. The molecule has 1 unspecified atom stereocenters. The van der Waals surface area contributed by atoms with Crippen molar-refractivity contribution in [2.75, 3.05) is 24.5 Å². The molecule has 1 amide bonds. The Kier molecular flexibility index (Phi) is 4.03. The smallest absolute Gasteiger partial charge is 0.229 e. The van der Waals surface area contributed by atoms with Crippen LogP contribution in [0.4, 0.5) is 5.69 Å². The number of hydrogen-bond donors (Lipinski definition) is 1. The summed E-state index contributed by atoms with van der Waals surface area (Å²) in [6.07, 6.45) is 3.59. The van der Waals surface area contributed by atoms with E-state index in [1.807, 2.05) is 18.2 Å². The second-order valence-corrected chi connectivity index (χ2v) is 5.83. The topological polar surface area (TPSA) is 43.8 Å². The second kappa shape index (κ2) is 5.94. The Hall–Kier alpha value is -1.39. The fraction of sp³-hybridized carbons (Fsp3) is 0.562. The fourth-order valence-corrected chi connectivity index (χ4v) is 3.19. The van der Waals surface area contributed by atoms with Crippen LogP contribution in [0.5, 0.6) is 0 Å². The summed E-state index contributed by atoms with van der Waals surface area (Å²) in [5.41, 5.74) is 2.16. The first-order valence-corrected chi connectivity index (χ1v) is 7.53. The van der Waals surface area contributed by atoms with Crippen LogP contribution >= 0.6 is 0 Å². The van der Waals surface area contributed by atoms with Gasteiger partial charge in [-0.15, -0.1) is 0 Å². The van der Waals surface area contributed by atoms with Gasteiger partial charge in [0.1, 0.15) is 0 Å². The molecule has 2 aliphatic rings. The molecule has 1 aromatic rings. The number of carbonyl (C=O) groups is 1. The van der Waals surface area contributed by atoms with Gasteiger partial charge >= 0.3 is 0 Å². The standard InChI is InChI=1S/C16H22N2O2/c19-14-10-16(20)18(12-14)15-7-3-2-6-13(15)11-17-8-4-1-5-9-17/h2-3,6-7,14,19H,1,4-5,8-12H2.